The number of piperidine rings is 1. The number of hydrogen-bond acceptors (Lipinski definition) is 7. The van der Waals surface area contributed by atoms with Crippen LogP contribution in [0, 0.1) is 6.92 Å². The van der Waals surface area contributed by atoms with Gasteiger partial charge in [-0.15, -0.1) is 0 Å². The number of carbonyl (C=O) groups is 1. The Labute approximate surface area is 192 Å². The lowest BCUT2D eigenvalue weighted by molar-refractivity contribution is -0.122. The van der Waals surface area contributed by atoms with E-state index < -0.39 is 0 Å². The molecule has 3 aromatic rings. The molecule has 9 heteroatoms. The topological polar surface area (TPSA) is 94.4 Å². The molecule has 2 aromatic heterocycles. The van der Waals surface area contributed by atoms with Crippen LogP contribution in [0.4, 0.5) is 5.82 Å². The minimum absolute atomic E-state index is 0.0256. The van der Waals surface area contributed by atoms with E-state index in [2.05, 4.69) is 20.2 Å². The Kier molecular flexibility index (Phi) is 5.85. The Morgan fingerprint density at radius 3 is 2.94 bits per heavy atom. The summed E-state index contributed by atoms with van der Waals surface area (Å²) in [6.07, 6.45) is 8.78. The van der Waals surface area contributed by atoms with Crippen LogP contribution in [0.2, 0.25) is 0 Å². The van der Waals surface area contributed by atoms with E-state index in [1.54, 1.807) is 17.1 Å². The predicted molar refractivity (Wildman–Crippen MR) is 123 cm³/mol. The second-order valence-electron chi connectivity index (χ2n) is 8.59. The van der Waals surface area contributed by atoms with Crippen molar-refractivity contribution in [1.82, 2.24) is 24.8 Å². The summed E-state index contributed by atoms with van der Waals surface area (Å²) in [6, 6.07) is 7.74. The first-order valence-corrected chi connectivity index (χ1v) is 11.4. The molecule has 5 rings (SSSR count). The first-order valence-electron chi connectivity index (χ1n) is 11.4. The molecule has 0 radical (unpaired) electrons. The highest BCUT2D eigenvalue weighted by atomic mass is 16.7. The average molecular weight is 449 g/mol. The number of fused-ring (bicyclic) bond motifs is 1. The number of nitrogens with zero attached hydrogens (tertiary/aromatic N) is 5. The molecule has 2 aliphatic rings. The van der Waals surface area contributed by atoms with Crippen molar-refractivity contribution in [3.63, 3.8) is 0 Å². The van der Waals surface area contributed by atoms with Crippen LogP contribution >= 0.6 is 0 Å². The fraction of sp³-hybridized carbons (Fsp3) is 0.417. The zero-order valence-electron chi connectivity index (χ0n) is 18.9. The smallest absolute Gasteiger partial charge is 0.237 e. The molecule has 0 spiro atoms. The normalized spacial score (nSPS) is 18.2. The van der Waals surface area contributed by atoms with Gasteiger partial charge >= 0.3 is 0 Å². The molecular formula is C24H28N6O3. The van der Waals surface area contributed by atoms with Crippen LogP contribution in [0.1, 0.15) is 49.9 Å². The van der Waals surface area contributed by atoms with Crippen molar-refractivity contribution >= 4 is 11.7 Å². The molecule has 2 atom stereocenters. The van der Waals surface area contributed by atoms with Crippen LogP contribution in [0.5, 0.6) is 11.5 Å². The first-order chi connectivity index (χ1) is 16.1. The van der Waals surface area contributed by atoms with Crippen LogP contribution in [0.25, 0.3) is 5.95 Å². The molecule has 9 nitrogen and oxygen atoms in total. The number of imidazole rings is 1. The molecule has 172 valence electrons. The third-order valence-electron chi connectivity index (χ3n) is 6.18. The van der Waals surface area contributed by atoms with Crippen molar-refractivity contribution in [3.8, 4) is 17.4 Å². The lowest BCUT2D eigenvalue weighted by Crippen LogP contribution is -2.43. The summed E-state index contributed by atoms with van der Waals surface area (Å²) in [6.45, 7) is 5.06. The monoisotopic (exact) mass is 448 g/mol. The predicted octanol–water partition coefficient (Wildman–Crippen LogP) is 3.33. The van der Waals surface area contributed by atoms with Gasteiger partial charge in [-0.1, -0.05) is 6.07 Å². The van der Waals surface area contributed by atoms with E-state index in [9.17, 15) is 4.79 Å². The van der Waals surface area contributed by atoms with Gasteiger partial charge in [-0.2, -0.15) is 4.98 Å². The Hall–Kier alpha value is -3.62. The van der Waals surface area contributed by atoms with Gasteiger partial charge in [0.2, 0.25) is 18.6 Å². The van der Waals surface area contributed by atoms with Gasteiger partial charge in [0, 0.05) is 43.2 Å². The third kappa shape index (κ3) is 4.62. The second-order valence-corrected chi connectivity index (χ2v) is 8.59. The SMILES string of the molecule is Cc1cc(N2CCCCC2CC(=O)NC(C)c2ccc3c(c2)OCO3)nc(-n2ccnc2)n1. The maximum Gasteiger partial charge on any atom is 0.237 e. The van der Waals surface area contributed by atoms with E-state index in [1.165, 1.54) is 0 Å². The largest absolute Gasteiger partial charge is 0.454 e. The summed E-state index contributed by atoms with van der Waals surface area (Å²) in [7, 11) is 0. The number of rotatable bonds is 6. The number of benzene rings is 1. The highest BCUT2D eigenvalue weighted by Gasteiger charge is 2.27. The summed E-state index contributed by atoms with van der Waals surface area (Å²) < 4.78 is 12.6. The highest BCUT2D eigenvalue weighted by molar-refractivity contribution is 5.77. The van der Waals surface area contributed by atoms with Crippen molar-refractivity contribution in [2.45, 2.75) is 51.6 Å². The quantitative estimate of drug-likeness (QED) is 0.618. The summed E-state index contributed by atoms with van der Waals surface area (Å²) >= 11 is 0. The number of nitrogens with one attached hydrogen (secondary N) is 1. The summed E-state index contributed by atoms with van der Waals surface area (Å²) in [4.78, 5) is 28.7. The molecule has 1 aromatic carbocycles. The van der Waals surface area contributed by atoms with E-state index in [4.69, 9.17) is 14.5 Å². The van der Waals surface area contributed by atoms with Crippen LogP contribution in [0.15, 0.2) is 43.0 Å². The van der Waals surface area contributed by atoms with E-state index in [0.717, 1.165) is 54.4 Å². The van der Waals surface area contributed by atoms with Gasteiger partial charge in [0.05, 0.1) is 6.04 Å². The molecule has 4 heterocycles. The molecule has 1 saturated heterocycles. The third-order valence-corrected chi connectivity index (χ3v) is 6.18. The lowest BCUT2D eigenvalue weighted by atomic mass is 9.98. The van der Waals surface area contributed by atoms with Gasteiger partial charge in [0.1, 0.15) is 12.1 Å². The Balaban J connectivity index is 1.29. The van der Waals surface area contributed by atoms with Gasteiger partial charge in [-0.25, -0.2) is 9.97 Å². The molecule has 33 heavy (non-hydrogen) atoms. The molecule has 0 saturated carbocycles. The molecule has 0 bridgehead atoms. The Morgan fingerprint density at radius 2 is 2.09 bits per heavy atom. The summed E-state index contributed by atoms with van der Waals surface area (Å²) in [5.74, 6) is 2.93. The van der Waals surface area contributed by atoms with E-state index >= 15 is 0 Å². The standard InChI is InChI=1S/C24H28N6O3/c1-16-11-22(28-24(26-16)29-10-8-25-14-29)30-9-4-3-5-19(30)13-23(31)27-17(2)18-6-7-20-21(12-18)33-15-32-20/h6-8,10-12,14,17,19H,3-5,9,13,15H2,1-2H3,(H,27,31). The van der Waals surface area contributed by atoms with Gasteiger partial charge in [-0.05, 0) is 50.8 Å². The molecule has 2 unspecified atom stereocenters. The number of aromatic nitrogens is 4. The van der Waals surface area contributed by atoms with Crippen molar-refractivity contribution in [3.05, 3.63) is 54.2 Å². The molecule has 1 fully saturated rings. The van der Waals surface area contributed by atoms with Gasteiger partial charge < -0.3 is 19.7 Å². The fourth-order valence-electron chi connectivity index (χ4n) is 4.47. The van der Waals surface area contributed by atoms with Crippen molar-refractivity contribution in [1.29, 1.82) is 0 Å². The summed E-state index contributed by atoms with van der Waals surface area (Å²) in [5, 5.41) is 3.14. The number of ether oxygens (including phenoxy) is 2. The number of hydrogen-bond donors (Lipinski definition) is 1. The van der Waals surface area contributed by atoms with E-state index in [1.807, 2.05) is 44.3 Å². The van der Waals surface area contributed by atoms with E-state index in [0.29, 0.717) is 12.4 Å². The van der Waals surface area contributed by atoms with Crippen LogP contribution in [0.3, 0.4) is 0 Å². The molecule has 2 aliphatic heterocycles. The fourth-order valence-corrected chi connectivity index (χ4v) is 4.47. The highest BCUT2D eigenvalue weighted by Crippen LogP contribution is 2.34. The number of anilines is 1. The maximum atomic E-state index is 13.0. The Morgan fingerprint density at radius 1 is 1.21 bits per heavy atom. The molecule has 1 amide bonds. The Bertz CT molecular complexity index is 1130. The number of carbonyl (C=O) groups excluding carboxylic acids is 1. The number of aryl methyl sites for hydroxylation is 1. The van der Waals surface area contributed by atoms with Crippen LogP contribution in [-0.4, -0.2) is 44.8 Å². The van der Waals surface area contributed by atoms with Gasteiger partial charge in [0.15, 0.2) is 11.5 Å². The van der Waals surface area contributed by atoms with Crippen molar-refractivity contribution in [2.75, 3.05) is 18.2 Å². The zero-order valence-corrected chi connectivity index (χ0v) is 18.9. The van der Waals surface area contributed by atoms with Crippen molar-refractivity contribution in [2.24, 2.45) is 0 Å². The molecular weight excluding hydrogens is 420 g/mol. The van der Waals surface area contributed by atoms with Crippen LogP contribution < -0.4 is 19.7 Å². The average Bonchev–Trinajstić information content (AvgIpc) is 3.50. The van der Waals surface area contributed by atoms with Crippen molar-refractivity contribution < 1.29 is 14.3 Å². The maximum absolute atomic E-state index is 13.0. The lowest BCUT2D eigenvalue weighted by Gasteiger charge is -2.36. The first kappa shape index (κ1) is 21.2. The minimum Gasteiger partial charge on any atom is -0.454 e. The molecule has 1 N–H and O–H groups in total. The second kappa shape index (κ2) is 9.09. The van der Waals surface area contributed by atoms with Gasteiger partial charge in [-0.3, -0.25) is 9.36 Å². The van der Waals surface area contributed by atoms with Crippen LogP contribution in [-0.2, 0) is 4.79 Å². The zero-order chi connectivity index (χ0) is 22.8. The summed E-state index contributed by atoms with van der Waals surface area (Å²) in [5.41, 5.74) is 1.87. The van der Waals surface area contributed by atoms with Gasteiger partial charge in [0.25, 0.3) is 0 Å². The molecule has 0 aliphatic carbocycles. The van der Waals surface area contributed by atoms with E-state index in [-0.39, 0.29) is 24.8 Å². The number of amides is 1. The minimum atomic E-state index is -0.127.